The predicted octanol–water partition coefficient (Wildman–Crippen LogP) is 2.53. The van der Waals surface area contributed by atoms with Crippen LogP contribution >= 0.6 is 0 Å². The Morgan fingerprint density at radius 2 is 1.57 bits per heavy atom. The second kappa shape index (κ2) is 11.4. The van der Waals surface area contributed by atoms with Crippen molar-refractivity contribution < 1.29 is 19.4 Å². The molecule has 0 aromatic carbocycles. The summed E-state index contributed by atoms with van der Waals surface area (Å²) in [4.78, 5) is 21.6. The summed E-state index contributed by atoms with van der Waals surface area (Å²) in [5, 5.41) is 14.4. The SMILES string of the molecule is CC(C)(C)OC(=O)NCCNCCCCCCCC(=O)O. The third kappa shape index (κ3) is 16.6. The zero-order valence-corrected chi connectivity index (χ0v) is 13.5. The van der Waals surface area contributed by atoms with E-state index in [-0.39, 0.29) is 12.5 Å². The van der Waals surface area contributed by atoms with Crippen molar-refractivity contribution in [2.24, 2.45) is 0 Å². The molecule has 0 fully saturated rings. The average Bonchev–Trinajstić information content (AvgIpc) is 2.33. The molecule has 0 radical (unpaired) electrons. The van der Waals surface area contributed by atoms with Crippen molar-refractivity contribution in [3.8, 4) is 0 Å². The molecular formula is C15H30N2O4. The maximum atomic E-state index is 11.3. The van der Waals surface area contributed by atoms with Gasteiger partial charge in [-0.25, -0.2) is 4.79 Å². The van der Waals surface area contributed by atoms with E-state index < -0.39 is 11.6 Å². The van der Waals surface area contributed by atoms with Gasteiger partial charge in [-0.3, -0.25) is 4.79 Å². The lowest BCUT2D eigenvalue weighted by molar-refractivity contribution is -0.137. The molecule has 6 heteroatoms. The van der Waals surface area contributed by atoms with Crippen LogP contribution in [0.25, 0.3) is 0 Å². The number of carboxylic acids is 1. The first-order chi connectivity index (χ1) is 9.81. The Hall–Kier alpha value is -1.30. The quantitative estimate of drug-likeness (QED) is 0.510. The van der Waals surface area contributed by atoms with E-state index in [4.69, 9.17) is 9.84 Å². The number of hydrogen-bond acceptors (Lipinski definition) is 4. The van der Waals surface area contributed by atoms with Gasteiger partial charge in [-0.15, -0.1) is 0 Å². The monoisotopic (exact) mass is 302 g/mol. The summed E-state index contributed by atoms with van der Waals surface area (Å²) < 4.78 is 5.12. The molecule has 0 atom stereocenters. The number of rotatable bonds is 11. The van der Waals surface area contributed by atoms with Crippen LogP contribution in [-0.2, 0) is 9.53 Å². The van der Waals surface area contributed by atoms with Crippen LogP contribution in [0.2, 0.25) is 0 Å². The summed E-state index contributed by atoms with van der Waals surface area (Å²) in [7, 11) is 0. The number of aliphatic carboxylic acids is 1. The molecule has 0 saturated carbocycles. The second-order valence-corrected chi connectivity index (χ2v) is 6.09. The van der Waals surface area contributed by atoms with Crippen LogP contribution in [0.5, 0.6) is 0 Å². The van der Waals surface area contributed by atoms with E-state index in [2.05, 4.69) is 10.6 Å². The highest BCUT2D eigenvalue weighted by atomic mass is 16.6. The fourth-order valence-corrected chi connectivity index (χ4v) is 1.75. The summed E-state index contributed by atoms with van der Waals surface area (Å²) in [6.07, 6.45) is 4.88. The molecule has 0 rings (SSSR count). The molecule has 0 bridgehead atoms. The maximum absolute atomic E-state index is 11.3. The largest absolute Gasteiger partial charge is 0.481 e. The lowest BCUT2D eigenvalue weighted by Gasteiger charge is -2.19. The Morgan fingerprint density at radius 3 is 2.19 bits per heavy atom. The number of carbonyl (C=O) groups is 2. The molecular weight excluding hydrogens is 272 g/mol. The van der Waals surface area contributed by atoms with Crippen LogP contribution in [0.1, 0.15) is 59.3 Å². The van der Waals surface area contributed by atoms with Gasteiger partial charge in [0.25, 0.3) is 0 Å². The zero-order chi connectivity index (χ0) is 16.1. The van der Waals surface area contributed by atoms with E-state index in [1.165, 1.54) is 0 Å². The number of carboxylic acid groups (broad SMARTS) is 1. The molecule has 0 aromatic rings. The van der Waals surface area contributed by atoms with Gasteiger partial charge in [-0.05, 0) is 40.2 Å². The number of alkyl carbamates (subject to hydrolysis) is 1. The summed E-state index contributed by atoms with van der Waals surface area (Å²) >= 11 is 0. The minimum Gasteiger partial charge on any atom is -0.481 e. The molecule has 3 N–H and O–H groups in total. The molecule has 0 heterocycles. The number of hydrogen-bond donors (Lipinski definition) is 3. The highest BCUT2D eigenvalue weighted by Crippen LogP contribution is 2.06. The molecule has 0 aromatic heterocycles. The van der Waals surface area contributed by atoms with Crippen molar-refractivity contribution in [2.45, 2.75) is 64.9 Å². The van der Waals surface area contributed by atoms with E-state index in [1.807, 2.05) is 20.8 Å². The standard InChI is InChI=1S/C15H30N2O4/c1-15(2,3)21-14(20)17-12-11-16-10-8-6-4-5-7-9-13(18)19/h16H,4-12H2,1-3H3,(H,17,20)(H,18,19). The highest BCUT2D eigenvalue weighted by molar-refractivity contribution is 5.67. The summed E-state index contributed by atoms with van der Waals surface area (Å²) in [6, 6.07) is 0. The zero-order valence-electron chi connectivity index (χ0n) is 13.5. The van der Waals surface area contributed by atoms with Gasteiger partial charge in [0.05, 0.1) is 0 Å². The lowest BCUT2D eigenvalue weighted by atomic mass is 10.1. The van der Waals surface area contributed by atoms with Crippen molar-refractivity contribution in [3.63, 3.8) is 0 Å². The minimum atomic E-state index is -0.714. The van der Waals surface area contributed by atoms with Crippen LogP contribution < -0.4 is 10.6 Å². The van der Waals surface area contributed by atoms with Gasteiger partial charge in [0.15, 0.2) is 0 Å². The fraction of sp³-hybridized carbons (Fsp3) is 0.867. The molecule has 0 spiro atoms. The molecule has 0 saturated heterocycles. The average molecular weight is 302 g/mol. The number of amides is 1. The van der Waals surface area contributed by atoms with Crippen LogP contribution in [0, 0.1) is 0 Å². The lowest BCUT2D eigenvalue weighted by Crippen LogP contribution is -2.36. The summed E-state index contributed by atoms with van der Waals surface area (Å²) in [5.41, 5.74) is -0.460. The Balaban J connectivity index is 3.22. The number of ether oxygens (including phenoxy) is 1. The first-order valence-corrected chi connectivity index (χ1v) is 7.70. The van der Waals surface area contributed by atoms with E-state index in [0.717, 1.165) is 45.2 Å². The normalized spacial score (nSPS) is 11.2. The van der Waals surface area contributed by atoms with Gasteiger partial charge in [-0.2, -0.15) is 0 Å². The van der Waals surface area contributed by atoms with Crippen LogP contribution in [0.4, 0.5) is 4.79 Å². The number of unbranched alkanes of at least 4 members (excludes halogenated alkanes) is 4. The van der Waals surface area contributed by atoms with Crippen LogP contribution in [0.3, 0.4) is 0 Å². The van der Waals surface area contributed by atoms with E-state index >= 15 is 0 Å². The van der Waals surface area contributed by atoms with Gasteiger partial charge in [0.1, 0.15) is 5.60 Å². The third-order valence-electron chi connectivity index (χ3n) is 2.71. The Kier molecular flexibility index (Phi) is 10.7. The molecule has 6 nitrogen and oxygen atoms in total. The van der Waals surface area contributed by atoms with E-state index in [1.54, 1.807) is 0 Å². The molecule has 0 aliphatic rings. The Bertz CT molecular complexity index is 301. The molecule has 1 amide bonds. The van der Waals surface area contributed by atoms with Gasteiger partial charge >= 0.3 is 12.1 Å². The first-order valence-electron chi connectivity index (χ1n) is 7.70. The fourth-order valence-electron chi connectivity index (χ4n) is 1.75. The minimum absolute atomic E-state index is 0.272. The van der Waals surface area contributed by atoms with Crippen molar-refractivity contribution in [2.75, 3.05) is 19.6 Å². The predicted molar refractivity (Wildman–Crippen MR) is 82.4 cm³/mol. The van der Waals surface area contributed by atoms with Gasteiger partial charge < -0.3 is 20.5 Å². The molecule has 21 heavy (non-hydrogen) atoms. The van der Waals surface area contributed by atoms with E-state index in [9.17, 15) is 9.59 Å². The smallest absolute Gasteiger partial charge is 0.407 e. The molecule has 0 unspecified atom stereocenters. The second-order valence-electron chi connectivity index (χ2n) is 6.09. The van der Waals surface area contributed by atoms with E-state index in [0.29, 0.717) is 6.54 Å². The highest BCUT2D eigenvalue weighted by Gasteiger charge is 2.15. The van der Waals surface area contributed by atoms with Crippen molar-refractivity contribution in [1.29, 1.82) is 0 Å². The first kappa shape index (κ1) is 19.7. The number of carbonyl (C=O) groups excluding carboxylic acids is 1. The van der Waals surface area contributed by atoms with Crippen molar-refractivity contribution in [1.82, 2.24) is 10.6 Å². The topological polar surface area (TPSA) is 87.7 Å². The van der Waals surface area contributed by atoms with Crippen molar-refractivity contribution in [3.05, 3.63) is 0 Å². The Labute approximate surface area is 127 Å². The van der Waals surface area contributed by atoms with Gasteiger partial charge in [0.2, 0.25) is 0 Å². The summed E-state index contributed by atoms with van der Waals surface area (Å²) in [5.74, 6) is -0.714. The Morgan fingerprint density at radius 1 is 0.952 bits per heavy atom. The van der Waals surface area contributed by atoms with Gasteiger partial charge in [-0.1, -0.05) is 19.3 Å². The van der Waals surface area contributed by atoms with Gasteiger partial charge in [0, 0.05) is 19.5 Å². The molecule has 0 aliphatic heterocycles. The van der Waals surface area contributed by atoms with Crippen molar-refractivity contribution >= 4 is 12.1 Å². The van der Waals surface area contributed by atoms with Crippen LogP contribution in [0.15, 0.2) is 0 Å². The summed E-state index contributed by atoms with van der Waals surface area (Å²) in [6.45, 7) is 7.69. The molecule has 0 aliphatic carbocycles. The number of nitrogens with one attached hydrogen (secondary N) is 2. The van der Waals surface area contributed by atoms with Crippen LogP contribution in [-0.4, -0.2) is 42.4 Å². The molecule has 124 valence electrons. The third-order valence-corrected chi connectivity index (χ3v) is 2.71. The maximum Gasteiger partial charge on any atom is 0.407 e.